The molecule has 0 bridgehead atoms. The monoisotopic (exact) mass is 345 g/mol. The average Bonchev–Trinajstić information content (AvgIpc) is 2.61. The molecule has 3 rings (SSSR count). The fourth-order valence-corrected chi connectivity index (χ4v) is 3.98. The highest BCUT2D eigenvalue weighted by atomic mass is 32.2. The van der Waals surface area contributed by atoms with Gasteiger partial charge in [-0.3, -0.25) is 14.1 Å². The highest BCUT2D eigenvalue weighted by molar-refractivity contribution is 7.92. The summed E-state index contributed by atoms with van der Waals surface area (Å²) in [6.07, 6.45) is 4.68. The molecule has 0 radical (unpaired) electrons. The minimum atomic E-state index is -3.28. The molecule has 1 amide bonds. The molecule has 2 aromatic rings. The molecule has 0 aliphatic carbocycles. The molecule has 1 N–H and O–H groups in total. The maximum atomic E-state index is 12.2. The van der Waals surface area contributed by atoms with E-state index in [1.807, 2.05) is 6.07 Å². The van der Waals surface area contributed by atoms with Crippen molar-refractivity contribution in [1.82, 2.24) is 4.98 Å². The molecular formula is C17H19N3O3S. The molecule has 0 atom stereocenters. The minimum absolute atomic E-state index is 0.0753. The summed E-state index contributed by atoms with van der Waals surface area (Å²) in [6.45, 7) is 2.15. The topological polar surface area (TPSA) is 79.4 Å². The first-order valence-corrected chi connectivity index (χ1v) is 9.47. The van der Waals surface area contributed by atoms with Gasteiger partial charge in [0.2, 0.25) is 10.0 Å². The largest absolute Gasteiger partial charge is 0.322 e. The van der Waals surface area contributed by atoms with E-state index in [0.717, 1.165) is 18.4 Å². The van der Waals surface area contributed by atoms with Crippen LogP contribution in [0.25, 0.3) is 0 Å². The summed E-state index contributed by atoms with van der Waals surface area (Å²) >= 11 is 0. The van der Waals surface area contributed by atoms with Crippen LogP contribution in [0.4, 0.5) is 11.4 Å². The lowest BCUT2D eigenvalue weighted by Gasteiger charge is -2.30. The van der Waals surface area contributed by atoms with Gasteiger partial charge in [0.1, 0.15) is 0 Å². The molecule has 1 aliphatic rings. The summed E-state index contributed by atoms with van der Waals surface area (Å²) < 4.78 is 25.9. The van der Waals surface area contributed by atoms with Crippen LogP contribution in [0.15, 0.2) is 42.7 Å². The molecule has 24 heavy (non-hydrogen) atoms. The zero-order chi connectivity index (χ0) is 17.2. The lowest BCUT2D eigenvalue weighted by atomic mass is 10.0. The predicted octanol–water partition coefficient (Wildman–Crippen LogP) is 2.44. The van der Waals surface area contributed by atoms with E-state index in [1.54, 1.807) is 37.4 Å². The van der Waals surface area contributed by atoms with Crippen LogP contribution in [0.3, 0.4) is 0 Å². The Labute approximate surface area is 141 Å². The van der Waals surface area contributed by atoms with Crippen molar-refractivity contribution in [2.75, 3.05) is 21.9 Å². The molecule has 1 aromatic carbocycles. The smallest absolute Gasteiger partial charge is 0.257 e. The highest BCUT2D eigenvalue weighted by Crippen LogP contribution is 2.31. The minimum Gasteiger partial charge on any atom is -0.322 e. The van der Waals surface area contributed by atoms with Gasteiger partial charge in [-0.05, 0) is 55.7 Å². The summed E-state index contributed by atoms with van der Waals surface area (Å²) in [5.74, 6) is -0.164. The summed E-state index contributed by atoms with van der Waals surface area (Å²) in [7, 11) is -3.28. The molecule has 0 fully saturated rings. The first-order valence-electron chi connectivity index (χ1n) is 7.86. The van der Waals surface area contributed by atoms with Crippen molar-refractivity contribution in [3.8, 4) is 0 Å². The number of sulfonamides is 1. The Bertz CT molecular complexity index is 851. The number of benzene rings is 1. The first kappa shape index (κ1) is 16.4. The standard InChI is InChI=1S/C17H19N3O3S/c1-2-24(22,23)20-10-4-6-13-11-15(7-8-16(13)20)19-17(21)14-5-3-9-18-12-14/h3,5,7-9,11-12H,2,4,6,10H2,1H3,(H,19,21). The van der Waals surface area contributed by atoms with Crippen molar-refractivity contribution in [3.05, 3.63) is 53.9 Å². The maximum Gasteiger partial charge on any atom is 0.257 e. The van der Waals surface area contributed by atoms with E-state index in [-0.39, 0.29) is 11.7 Å². The van der Waals surface area contributed by atoms with Gasteiger partial charge in [-0.15, -0.1) is 0 Å². The number of amides is 1. The van der Waals surface area contributed by atoms with Gasteiger partial charge >= 0.3 is 0 Å². The molecule has 0 saturated heterocycles. The second kappa shape index (κ2) is 6.60. The van der Waals surface area contributed by atoms with Crippen molar-refractivity contribution in [1.29, 1.82) is 0 Å². The van der Waals surface area contributed by atoms with Crippen molar-refractivity contribution < 1.29 is 13.2 Å². The van der Waals surface area contributed by atoms with E-state index in [0.29, 0.717) is 23.5 Å². The molecule has 2 heterocycles. The molecule has 7 heteroatoms. The van der Waals surface area contributed by atoms with Crippen LogP contribution >= 0.6 is 0 Å². The van der Waals surface area contributed by atoms with E-state index in [1.165, 1.54) is 10.5 Å². The Morgan fingerprint density at radius 3 is 2.88 bits per heavy atom. The Hall–Kier alpha value is -2.41. The van der Waals surface area contributed by atoms with E-state index in [2.05, 4.69) is 10.3 Å². The van der Waals surface area contributed by atoms with Crippen LogP contribution < -0.4 is 9.62 Å². The number of hydrogen-bond acceptors (Lipinski definition) is 4. The van der Waals surface area contributed by atoms with Gasteiger partial charge in [0, 0.05) is 24.6 Å². The number of aryl methyl sites for hydroxylation is 1. The Balaban J connectivity index is 1.85. The highest BCUT2D eigenvalue weighted by Gasteiger charge is 2.26. The quantitative estimate of drug-likeness (QED) is 0.923. The fourth-order valence-electron chi connectivity index (χ4n) is 2.79. The third kappa shape index (κ3) is 3.26. The number of pyridine rings is 1. The number of rotatable bonds is 4. The number of fused-ring (bicyclic) bond motifs is 1. The molecule has 6 nitrogen and oxygen atoms in total. The zero-order valence-corrected chi connectivity index (χ0v) is 14.2. The van der Waals surface area contributed by atoms with Crippen LogP contribution in [0.1, 0.15) is 29.3 Å². The maximum absolute atomic E-state index is 12.2. The zero-order valence-electron chi connectivity index (χ0n) is 13.4. The average molecular weight is 345 g/mol. The van der Waals surface area contributed by atoms with Gasteiger partial charge in [0.05, 0.1) is 17.0 Å². The second-order valence-electron chi connectivity index (χ2n) is 5.62. The number of hydrogen-bond donors (Lipinski definition) is 1. The fraction of sp³-hybridized carbons (Fsp3) is 0.294. The van der Waals surface area contributed by atoms with Crippen LogP contribution in [0, 0.1) is 0 Å². The van der Waals surface area contributed by atoms with Gasteiger partial charge in [-0.25, -0.2) is 8.42 Å². The van der Waals surface area contributed by atoms with E-state index in [9.17, 15) is 13.2 Å². The van der Waals surface area contributed by atoms with Gasteiger partial charge < -0.3 is 5.32 Å². The van der Waals surface area contributed by atoms with Crippen LogP contribution in [-0.4, -0.2) is 31.6 Å². The number of nitrogens with one attached hydrogen (secondary N) is 1. The van der Waals surface area contributed by atoms with Gasteiger partial charge in [0.15, 0.2) is 0 Å². The molecule has 0 saturated carbocycles. The number of nitrogens with zero attached hydrogens (tertiary/aromatic N) is 2. The Kier molecular flexibility index (Phi) is 4.53. The Morgan fingerprint density at radius 2 is 2.17 bits per heavy atom. The number of aromatic nitrogens is 1. The van der Waals surface area contributed by atoms with E-state index in [4.69, 9.17) is 0 Å². The van der Waals surface area contributed by atoms with Gasteiger partial charge in [-0.1, -0.05) is 0 Å². The molecule has 1 aromatic heterocycles. The molecule has 0 unspecified atom stereocenters. The van der Waals surface area contributed by atoms with E-state index >= 15 is 0 Å². The lowest BCUT2D eigenvalue weighted by molar-refractivity contribution is 0.102. The Morgan fingerprint density at radius 1 is 1.33 bits per heavy atom. The first-order chi connectivity index (χ1) is 11.5. The van der Waals surface area contributed by atoms with E-state index < -0.39 is 10.0 Å². The van der Waals surface area contributed by atoms with Crippen LogP contribution in [0.5, 0.6) is 0 Å². The third-order valence-electron chi connectivity index (χ3n) is 4.04. The van der Waals surface area contributed by atoms with Crippen molar-refractivity contribution in [3.63, 3.8) is 0 Å². The summed E-state index contributed by atoms with van der Waals surface area (Å²) in [6, 6.07) is 8.74. The van der Waals surface area contributed by atoms with Crippen molar-refractivity contribution in [2.24, 2.45) is 0 Å². The SMILES string of the molecule is CCS(=O)(=O)N1CCCc2cc(NC(=O)c3cccnc3)ccc21. The molecule has 126 valence electrons. The lowest BCUT2D eigenvalue weighted by Crippen LogP contribution is -2.36. The number of carbonyl (C=O) groups excluding carboxylic acids is 1. The molecule has 1 aliphatic heterocycles. The van der Waals surface area contributed by atoms with Crippen LogP contribution in [0.2, 0.25) is 0 Å². The predicted molar refractivity (Wildman–Crippen MR) is 93.8 cm³/mol. The second-order valence-corrected chi connectivity index (χ2v) is 7.80. The van der Waals surface area contributed by atoms with Gasteiger partial charge in [0.25, 0.3) is 5.91 Å². The normalized spacial score (nSPS) is 14.1. The summed E-state index contributed by atoms with van der Waals surface area (Å²) in [5.41, 5.74) is 2.77. The number of anilines is 2. The number of carbonyl (C=O) groups is 1. The third-order valence-corrected chi connectivity index (χ3v) is 5.82. The molecule has 0 spiro atoms. The summed E-state index contributed by atoms with van der Waals surface area (Å²) in [4.78, 5) is 16.1. The van der Waals surface area contributed by atoms with Crippen LogP contribution in [-0.2, 0) is 16.4 Å². The van der Waals surface area contributed by atoms with Gasteiger partial charge in [-0.2, -0.15) is 0 Å². The van der Waals surface area contributed by atoms with Crippen molar-refractivity contribution in [2.45, 2.75) is 19.8 Å². The summed E-state index contributed by atoms with van der Waals surface area (Å²) in [5, 5.41) is 2.83. The molecular weight excluding hydrogens is 326 g/mol. The van der Waals surface area contributed by atoms with Crippen molar-refractivity contribution >= 4 is 27.3 Å².